The van der Waals surface area contributed by atoms with Gasteiger partial charge in [0.2, 0.25) is 0 Å². The molecule has 0 saturated carbocycles. The normalized spacial score (nSPS) is 10.1. The van der Waals surface area contributed by atoms with E-state index in [1.54, 1.807) is 18.5 Å². The molecule has 0 aliphatic rings. The van der Waals surface area contributed by atoms with Crippen molar-refractivity contribution in [3.63, 3.8) is 0 Å². The summed E-state index contributed by atoms with van der Waals surface area (Å²) in [6, 6.07) is 4.52. The molecule has 1 heterocycles. The predicted molar refractivity (Wildman–Crippen MR) is 88.1 cm³/mol. The van der Waals surface area contributed by atoms with Crippen LogP contribution in [0.4, 0.5) is 4.39 Å². The third-order valence-electron chi connectivity index (χ3n) is 3.22. The molecule has 0 aliphatic carbocycles. The summed E-state index contributed by atoms with van der Waals surface area (Å²) in [7, 11) is 0. The number of rotatable bonds is 5. The van der Waals surface area contributed by atoms with Gasteiger partial charge in [-0.3, -0.25) is 0 Å². The van der Waals surface area contributed by atoms with Crippen LogP contribution in [0.3, 0.4) is 0 Å². The van der Waals surface area contributed by atoms with Gasteiger partial charge in [-0.2, -0.15) is 0 Å². The summed E-state index contributed by atoms with van der Waals surface area (Å²) < 4.78 is 13.4. The molecule has 0 N–H and O–H groups in total. The van der Waals surface area contributed by atoms with Crippen molar-refractivity contribution in [2.45, 2.75) is 39.0 Å². The molecule has 22 heavy (non-hydrogen) atoms. The molecule has 1 aromatic carbocycles. The van der Waals surface area contributed by atoms with Crippen molar-refractivity contribution < 1.29 is 4.39 Å². The average molecular weight is 317 g/mol. The first-order chi connectivity index (χ1) is 10.7. The number of halogens is 2. The van der Waals surface area contributed by atoms with E-state index in [0.717, 1.165) is 18.4 Å². The lowest BCUT2D eigenvalue weighted by molar-refractivity contribution is 0.628. The lowest BCUT2D eigenvalue weighted by Crippen LogP contribution is -1.90. The van der Waals surface area contributed by atoms with Gasteiger partial charge in [0.05, 0.1) is 10.6 Å². The Morgan fingerprint density at radius 2 is 1.91 bits per heavy atom. The quantitative estimate of drug-likeness (QED) is 0.555. The third-order valence-corrected chi connectivity index (χ3v) is 3.52. The first kappa shape index (κ1) is 16.5. The summed E-state index contributed by atoms with van der Waals surface area (Å²) in [4.78, 5) is 8.45. The van der Waals surface area contributed by atoms with Crippen molar-refractivity contribution >= 4 is 11.6 Å². The van der Waals surface area contributed by atoms with Gasteiger partial charge in [-0.15, -0.1) is 0 Å². The fourth-order valence-corrected chi connectivity index (χ4v) is 2.10. The van der Waals surface area contributed by atoms with Gasteiger partial charge >= 0.3 is 0 Å². The summed E-state index contributed by atoms with van der Waals surface area (Å²) in [6.07, 6.45) is 9.06. The standard InChI is InChI=1S/C18H18ClFN2/c1-2-3-4-5-6-7-8-14-12-21-18(22-13-14)15-9-10-16(19)17(20)11-15/h9-13H,2-6H2,1H3. The molecule has 114 valence electrons. The van der Waals surface area contributed by atoms with Gasteiger partial charge in [-0.25, -0.2) is 14.4 Å². The van der Waals surface area contributed by atoms with Crippen molar-refractivity contribution in [1.29, 1.82) is 0 Å². The van der Waals surface area contributed by atoms with E-state index in [4.69, 9.17) is 11.6 Å². The molecule has 0 atom stereocenters. The van der Waals surface area contributed by atoms with Crippen LogP contribution in [0.25, 0.3) is 11.4 Å². The molecule has 0 fully saturated rings. The Morgan fingerprint density at radius 3 is 2.59 bits per heavy atom. The van der Waals surface area contributed by atoms with E-state index in [-0.39, 0.29) is 5.02 Å². The Balaban J connectivity index is 1.98. The van der Waals surface area contributed by atoms with E-state index < -0.39 is 5.82 Å². The Kier molecular flexibility index (Phi) is 6.36. The SMILES string of the molecule is CCCCCCC#Cc1cnc(-c2ccc(Cl)c(F)c2)nc1. The highest BCUT2D eigenvalue weighted by atomic mass is 35.5. The Hall–Kier alpha value is -1.92. The maximum absolute atomic E-state index is 13.4. The zero-order valence-electron chi connectivity index (χ0n) is 12.6. The van der Waals surface area contributed by atoms with Crippen LogP contribution in [0.1, 0.15) is 44.6 Å². The molecule has 0 radical (unpaired) electrons. The van der Waals surface area contributed by atoms with Crippen molar-refractivity contribution in [1.82, 2.24) is 9.97 Å². The number of benzene rings is 1. The number of nitrogens with zero attached hydrogens (tertiary/aromatic N) is 2. The smallest absolute Gasteiger partial charge is 0.159 e. The molecule has 2 rings (SSSR count). The van der Waals surface area contributed by atoms with Crippen LogP contribution in [-0.2, 0) is 0 Å². The minimum atomic E-state index is -0.473. The molecule has 2 aromatic rings. The third kappa shape index (κ3) is 4.82. The van der Waals surface area contributed by atoms with Crippen molar-refractivity contribution in [2.24, 2.45) is 0 Å². The monoisotopic (exact) mass is 316 g/mol. The fourth-order valence-electron chi connectivity index (χ4n) is 1.98. The topological polar surface area (TPSA) is 25.8 Å². The van der Waals surface area contributed by atoms with Crippen LogP contribution in [0.5, 0.6) is 0 Å². The van der Waals surface area contributed by atoms with Crippen LogP contribution in [0.2, 0.25) is 5.02 Å². The highest BCUT2D eigenvalue weighted by molar-refractivity contribution is 6.30. The van der Waals surface area contributed by atoms with E-state index >= 15 is 0 Å². The lowest BCUT2D eigenvalue weighted by atomic mass is 10.1. The number of hydrogen-bond acceptors (Lipinski definition) is 2. The number of unbranched alkanes of at least 4 members (excludes halogenated alkanes) is 4. The number of hydrogen-bond donors (Lipinski definition) is 0. The van der Waals surface area contributed by atoms with E-state index in [0.29, 0.717) is 11.4 Å². The summed E-state index contributed by atoms with van der Waals surface area (Å²) in [5, 5.41) is 0.0920. The Bertz CT molecular complexity index is 672. The molecular weight excluding hydrogens is 299 g/mol. The highest BCUT2D eigenvalue weighted by Crippen LogP contribution is 2.21. The van der Waals surface area contributed by atoms with Crippen LogP contribution < -0.4 is 0 Å². The van der Waals surface area contributed by atoms with Gasteiger partial charge in [0, 0.05) is 24.4 Å². The van der Waals surface area contributed by atoms with E-state index in [1.165, 1.54) is 31.4 Å². The van der Waals surface area contributed by atoms with E-state index in [1.807, 2.05) is 0 Å². The van der Waals surface area contributed by atoms with Gasteiger partial charge in [0.15, 0.2) is 5.82 Å². The van der Waals surface area contributed by atoms with Gasteiger partial charge in [0.1, 0.15) is 5.82 Å². The van der Waals surface area contributed by atoms with Crippen LogP contribution in [-0.4, -0.2) is 9.97 Å². The van der Waals surface area contributed by atoms with Crippen molar-refractivity contribution in [3.8, 4) is 23.2 Å². The maximum Gasteiger partial charge on any atom is 0.159 e. The van der Waals surface area contributed by atoms with Crippen molar-refractivity contribution in [3.05, 3.63) is 47.0 Å². The molecule has 0 unspecified atom stereocenters. The van der Waals surface area contributed by atoms with E-state index in [9.17, 15) is 4.39 Å². The molecule has 0 saturated heterocycles. The zero-order valence-corrected chi connectivity index (χ0v) is 13.3. The van der Waals surface area contributed by atoms with E-state index in [2.05, 4.69) is 28.7 Å². The lowest BCUT2D eigenvalue weighted by Gasteiger charge is -2.01. The average Bonchev–Trinajstić information content (AvgIpc) is 2.54. The largest absolute Gasteiger partial charge is 0.235 e. The second-order valence-corrected chi connectivity index (χ2v) is 5.44. The van der Waals surface area contributed by atoms with Gasteiger partial charge in [-0.1, -0.05) is 49.6 Å². The summed E-state index contributed by atoms with van der Waals surface area (Å²) in [6.45, 7) is 2.19. The minimum Gasteiger partial charge on any atom is -0.235 e. The second-order valence-electron chi connectivity index (χ2n) is 5.04. The van der Waals surface area contributed by atoms with Crippen LogP contribution in [0, 0.1) is 17.7 Å². The van der Waals surface area contributed by atoms with Gasteiger partial charge in [-0.05, 0) is 24.6 Å². The summed E-state index contributed by atoms with van der Waals surface area (Å²) in [5.74, 6) is 6.17. The summed E-state index contributed by atoms with van der Waals surface area (Å²) in [5.41, 5.74) is 1.37. The van der Waals surface area contributed by atoms with Gasteiger partial charge < -0.3 is 0 Å². The summed E-state index contributed by atoms with van der Waals surface area (Å²) >= 11 is 5.66. The van der Waals surface area contributed by atoms with Gasteiger partial charge in [0.25, 0.3) is 0 Å². The van der Waals surface area contributed by atoms with Crippen LogP contribution >= 0.6 is 11.6 Å². The molecule has 0 bridgehead atoms. The predicted octanol–water partition coefficient (Wildman–Crippen LogP) is 5.26. The second kappa shape index (κ2) is 8.51. The molecule has 2 nitrogen and oxygen atoms in total. The number of aromatic nitrogens is 2. The molecule has 4 heteroatoms. The first-order valence-electron chi connectivity index (χ1n) is 7.47. The Labute approximate surface area is 135 Å². The molecule has 0 aliphatic heterocycles. The van der Waals surface area contributed by atoms with Crippen molar-refractivity contribution in [2.75, 3.05) is 0 Å². The van der Waals surface area contributed by atoms with Crippen LogP contribution in [0.15, 0.2) is 30.6 Å². The molecule has 0 spiro atoms. The molecule has 1 aromatic heterocycles. The minimum absolute atomic E-state index is 0.0920. The highest BCUT2D eigenvalue weighted by Gasteiger charge is 2.05. The maximum atomic E-state index is 13.4. The zero-order chi connectivity index (χ0) is 15.8. The molecule has 0 amide bonds. The fraction of sp³-hybridized carbons (Fsp3) is 0.333. The molecular formula is C18H18ClFN2. The first-order valence-corrected chi connectivity index (χ1v) is 7.85. The Morgan fingerprint density at radius 1 is 1.14 bits per heavy atom.